The lowest BCUT2D eigenvalue weighted by atomic mass is 10.0. The Morgan fingerprint density at radius 1 is 0.276 bits per heavy atom. The Labute approximate surface area is 600 Å². The first-order valence-electron chi connectivity index (χ1n) is 41.0. The number of rotatable bonds is 78. The molecule has 0 aromatic rings. The van der Waals surface area contributed by atoms with Gasteiger partial charge in [-0.25, -0.2) is 9.13 Å². The number of carbonyl (C=O) groups excluding carboxylic acids is 4. The topological polar surface area (TPSA) is 237 Å². The minimum Gasteiger partial charge on any atom is -0.462 e. The number of carbonyl (C=O) groups is 4. The van der Waals surface area contributed by atoms with Crippen LogP contribution in [-0.4, -0.2) is 96.7 Å². The molecular formula is C79H154O17P2. The van der Waals surface area contributed by atoms with Crippen LogP contribution in [0.25, 0.3) is 0 Å². The average molecular weight is 1440 g/mol. The molecule has 0 fully saturated rings. The number of ether oxygens (including phenoxy) is 4. The number of unbranched alkanes of at least 4 members (excludes halogenated alkanes) is 48. The molecule has 0 radical (unpaired) electrons. The zero-order valence-electron chi connectivity index (χ0n) is 64.1. The van der Waals surface area contributed by atoms with Crippen molar-refractivity contribution >= 4 is 39.5 Å². The molecule has 582 valence electrons. The average Bonchev–Trinajstić information content (AvgIpc) is 0.983. The van der Waals surface area contributed by atoms with Gasteiger partial charge in [-0.3, -0.25) is 37.3 Å². The van der Waals surface area contributed by atoms with Gasteiger partial charge in [-0.1, -0.05) is 363 Å². The SMILES string of the molecule is CCCCCCCCCCCCCCCCCCCCCCCCC(=O)O[C@H](COC(=O)CCCCCCCCCCCCCCC)COP(=O)(O)OC[C@@H](O)COP(=O)(O)OC[C@@H](COC(=O)CCCCCCCCCCC(C)C)OC(=O)CCCCCCCCCCCC(C)C. The Kier molecular flexibility index (Phi) is 69.3. The zero-order valence-corrected chi connectivity index (χ0v) is 65.9. The molecule has 0 aliphatic rings. The molecule has 5 atom stereocenters. The predicted molar refractivity (Wildman–Crippen MR) is 400 cm³/mol. The molecule has 0 aromatic heterocycles. The molecular weight excluding hydrogens is 1280 g/mol. The molecule has 0 saturated carbocycles. The van der Waals surface area contributed by atoms with E-state index in [2.05, 4.69) is 41.5 Å². The normalized spacial score (nSPS) is 13.9. The van der Waals surface area contributed by atoms with Gasteiger partial charge in [0, 0.05) is 25.7 Å². The molecule has 98 heavy (non-hydrogen) atoms. The van der Waals surface area contributed by atoms with E-state index in [0.29, 0.717) is 25.7 Å². The summed E-state index contributed by atoms with van der Waals surface area (Å²) in [4.78, 5) is 72.9. The number of aliphatic hydroxyl groups is 1. The van der Waals surface area contributed by atoms with E-state index in [0.717, 1.165) is 102 Å². The van der Waals surface area contributed by atoms with E-state index in [1.54, 1.807) is 0 Å². The Morgan fingerprint density at radius 2 is 0.469 bits per heavy atom. The smallest absolute Gasteiger partial charge is 0.462 e. The molecule has 0 aromatic carbocycles. The summed E-state index contributed by atoms with van der Waals surface area (Å²) in [5.41, 5.74) is 0. The number of phosphoric ester groups is 2. The maximum Gasteiger partial charge on any atom is 0.472 e. The first-order chi connectivity index (χ1) is 47.4. The second-order valence-electron chi connectivity index (χ2n) is 29.4. The molecule has 19 heteroatoms. The van der Waals surface area contributed by atoms with Crippen LogP contribution in [-0.2, 0) is 65.4 Å². The molecule has 0 spiro atoms. The summed E-state index contributed by atoms with van der Waals surface area (Å²) < 4.78 is 68.6. The lowest BCUT2D eigenvalue weighted by Crippen LogP contribution is -2.30. The van der Waals surface area contributed by atoms with Crippen molar-refractivity contribution in [2.75, 3.05) is 39.6 Å². The highest BCUT2D eigenvalue weighted by Crippen LogP contribution is 2.45. The summed E-state index contributed by atoms with van der Waals surface area (Å²) >= 11 is 0. The Hall–Kier alpha value is -1.94. The van der Waals surface area contributed by atoms with Crippen molar-refractivity contribution < 1.29 is 80.2 Å². The quantitative estimate of drug-likeness (QED) is 0.0222. The van der Waals surface area contributed by atoms with Crippen molar-refractivity contribution in [2.45, 2.75) is 432 Å². The van der Waals surface area contributed by atoms with E-state index in [1.165, 1.54) is 231 Å². The third-order valence-electron chi connectivity index (χ3n) is 18.5. The number of phosphoric acid groups is 2. The Morgan fingerprint density at radius 3 is 0.694 bits per heavy atom. The van der Waals surface area contributed by atoms with Crippen molar-refractivity contribution in [1.29, 1.82) is 0 Å². The second-order valence-corrected chi connectivity index (χ2v) is 32.3. The van der Waals surface area contributed by atoms with Crippen LogP contribution in [0.5, 0.6) is 0 Å². The zero-order chi connectivity index (χ0) is 72.1. The van der Waals surface area contributed by atoms with E-state index in [1.807, 2.05) is 0 Å². The molecule has 0 aliphatic carbocycles. The summed E-state index contributed by atoms with van der Waals surface area (Å²) in [6.07, 6.45) is 59.8. The van der Waals surface area contributed by atoms with Crippen molar-refractivity contribution in [2.24, 2.45) is 11.8 Å². The first-order valence-corrected chi connectivity index (χ1v) is 44.0. The fraction of sp³-hybridized carbons (Fsp3) is 0.949. The van der Waals surface area contributed by atoms with E-state index in [-0.39, 0.29) is 25.7 Å². The van der Waals surface area contributed by atoms with Gasteiger partial charge in [0.2, 0.25) is 0 Å². The van der Waals surface area contributed by atoms with Gasteiger partial charge in [0.05, 0.1) is 26.4 Å². The molecule has 0 aliphatic heterocycles. The van der Waals surface area contributed by atoms with Crippen LogP contribution in [0, 0.1) is 11.8 Å². The highest BCUT2D eigenvalue weighted by molar-refractivity contribution is 7.47. The van der Waals surface area contributed by atoms with E-state index >= 15 is 0 Å². The summed E-state index contributed by atoms with van der Waals surface area (Å²) in [5, 5.41) is 10.6. The van der Waals surface area contributed by atoms with Gasteiger partial charge in [-0.05, 0) is 37.5 Å². The van der Waals surface area contributed by atoms with Crippen LogP contribution in [0.2, 0.25) is 0 Å². The maximum atomic E-state index is 13.1. The molecule has 17 nitrogen and oxygen atoms in total. The summed E-state index contributed by atoms with van der Waals surface area (Å²) in [7, 11) is -9.91. The molecule has 0 amide bonds. The Bertz CT molecular complexity index is 1890. The summed E-state index contributed by atoms with van der Waals surface area (Å²) in [5.74, 6) is -0.651. The van der Waals surface area contributed by atoms with Gasteiger partial charge >= 0.3 is 39.5 Å². The van der Waals surface area contributed by atoms with E-state index in [4.69, 9.17) is 37.0 Å². The van der Waals surface area contributed by atoms with Gasteiger partial charge in [-0.15, -0.1) is 0 Å². The molecule has 0 heterocycles. The van der Waals surface area contributed by atoms with Crippen LogP contribution >= 0.6 is 15.6 Å². The van der Waals surface area contributed by atoms with Gasteiger partial charge in [0.1, 0.15) is 19.3 Å². The summed E-state index contributed by atoms with van der Waals surface area (Å²) in [6.45, 7) is 9.55. The molecule has 0 rings (SSSR count). The van der Waals surface area contributed by atoms with Crippen molar-refractivity contribution in [3.8, 4) is 0 Å². The van der Waals surface area contributed by atoms with Crippen molar-refractivity contribution in [3.63, 3.8) is 0 Å². The molecule has 0 saturated heterocycles. The second kappa shape index (κ2) is 70.7. The molecule has 3 N–H and O–H groups in total. The van der Waals surface area contributed by atoms with E-state index in [9.17, 15) is 43.2 Å². The van der Waals surface area contributed by atoms with Crippen LogP contribution in [0.1, 0.15) is 414 Å². The minimum atomic E-state index is -4.96. The van der Waals surface area contributed by atoms with Gasteiger partial charge in [0.15, 0.2) is 12.2 Å². The van der Waals surface area contributed by atoms with Crippen LogP contribution in [0.3, 0.4) is 0 Å². The van der Waals surface area contributed by atoms with Gasteiger partial charge in [0.25, 0.3) is 0 Å². The van der Waals surface area contributed by atoms with Gasteiger partial charge < -0.3 is 33.8 Å². The standard InChI is InChI=1S/C79H154O17P2/c1-7-9-11-13-15-17-19-21-22-23-24-25-26-27-28-29-31-33-37-45-51-57-63-78(83)95-74(67-89-76(81)61-55-49-43-36-32-30-20-18-16-14-12-10-8-2)69-93-97(85,86)91-65-73(80)66-92-98(87,88)94-70-75(68-90-77(82)62-56-50-44-40-39-42-48-54-60-72(5)6)96-79(84)64-58-52-46-38-34-35-41-47-53-59-71(3)4/h71-75,80H,7-70H2,1-6H3,(H,85,86)(H,87,88)/t73-,74-,75-/m1/s1. The minimum absolute atomic E-state index is 0.105. The fourth-order valence-corrected chi connectivity index (χ4v) is 13.8. The maximum absolute atomic E-state index is 13.1. The molecule has 0 bridgehead atoms. The van der Waals surface area contributed by atoms with Crippen molar-refractivity contribution in [3.05, 3.63) is 0 Å². The highest BCUT2D eigenvalue weighted by atomic mass is 31.2. The largest absolute Gasteiger partial charge is 0.472 e. The van der Waals surface area contributed by atoms with Crippen LogP contribution < -0.4 is 0 Å². The highest BCUT2D eigenvalue weighted by Gasteiger charge is 2.30. The Balaban J connectivity index is 5.19. The lowest BCUT2D eigenvalue weighted by Gasteiger charge is -2.21. The summed E-state index contributed by atoms with van der Waals surface area (Å²) in [6, 6.07) is 0. The van der Waals surface area contributed by atoms with Crippen molar-refractivity contribution in [1.82, 2.24) is 0 Å². The third kappa shape index (κ3) is 72.4. The van der Waals surface area contributed by atoms with Crippen LogP contribution in [0.4, 0.5) is 0 Å². The first kappa shape index (κ1) is 96.1. The number of aliphatic hydroxyl groups excluding tert-OH is 1. The number of esters is 4. The predicted octanol–water partition coefficient (Wildman–Crippen LogP) is 23.5. The van der Waals surface area contributed by atoms with E-state index < -0.39 is 97.5 Å². The monoisotopic (exact) mass is 1440 g/mol. The lowest BCUT2D eigenvalue weighted by molar-refractivity contribution is -0.161. The molecule has 2 unspecified atom stereocenters. The van der Waals surface area contributed by atoms with Crippen LogP contribution in [0.15, 0.2) is 0 Å². The number of hydrogen-bond donors (Lipinski definition) is 3. The third-order valence-corrected chi connectivity index (χ3v) is 20.4. The van der Waals surface area contributed by atoms with Gasteiger partial charge in [-0.2, -0.15) is 0 Å². The fourth-order valence-electron chi connectivity index (χ4n) is 12.2. The number of hydrogen-bond acceptors (Lipinski definition) is 15.